The molecule has 0 aliphatic carbocycles. The van der Waals surface area contributed by atoms with Crippen LogP contribution in [0.5, 0.6) is 0 Å². The molecular weight excluding hydrogens is 424 g/mol. The molecule has 1 heterocycles. The van der Waals surface area contributed by atoms with Gasteiger partial charge >= 0.3 is 11.9 Å². The number of Topliss-reactive ketones (excluding diaryl/α,β-unsaturated/α-hetero) is 1. The van der Waals surface area contributed by atoms with Gasteiger partial charge in [-0.25, -0.2) is 13.8 Å². The molecule has 0 saturated carbocycles. The van der Waals surface area contributed by atoms with Crippen LogP contribution in [0.15, 0.2) is 26.6 Å². The number of ketones is 1. The van der Waals surface area contributed by atoms with Crippen LogP contribution in [0.4, 0.5) is 17.6 Å². The second-order valence-corrected chi connectivity index (χ2v) is 7.85. The van der Waals surface area contributed by atoms with Crippen molar-refractivity contribution in [2.75, 3.05) is 0 Å². The van der Waals surface area contributed by atoms with Crippen molar-refractivity contribution in [3.8, 4) is 5.69 Å². The van der Waals surface area contributed by atoms with Gasteiger partial charge in [0.2, 0.25) is 0 Å². The Labute approximate surface area is 165 Å². The predicted molar refractivity (Wildman–Crippen MR) is 98.0 cm³/mol. The molecule has 1 unspecified atom stereocenters. The van der Waals surface area contributed by atoms with Crippen LogP contribution in [0.2, 0.25) is 5.02 Å². The number of nitrogens with zero attached hydrogens (tertiary/aromatic N) is 2. The van der Waals surface area contributed by atoms with Gasteiger partial charge in [-0.15, -0.1) is 11.8 Å². The maximum atomic E-state index is 14.5. The number of alkyl halides is 3. The van der Waals surface area contributed by atoms with Crippen LogP contribution in [0.3, 0.4) is 0 Å². The molecule has 0 fully saturated rings. The Morgan fingerprint density at radius 2 is 1.82 bits per heavy atom. The highest BCUT2D eigenvalue weighted by atomic mass is 35.5. The third-order valence-electron chi connectivity index (χ3n) is 4.08. The second-order valence-electron chi connectivity index (χ2n) is 6.06. The predicted octanol–water partition coefficient (Wildman–Crippen LogP) is 3.73. The van der Waals surface area contributed by atoms with E-state index >= 15 is 0 Å². The van der Waals surface area contributed by atoms with Crippen LogP contribution in [0.25, 0.3) is 5.69 Å². The number of benzene rings is 1. The highest BCUT2D eigenvalue weighted by molar-refractivity contribution is 8.00. The van der Waals surface area contributed by atoms with Gasteiger partial charge in [0.1, 0.15) is 17.3 Å². The summed E-state index contributed by atoms with van der Waals surface area (Å²) in [6.07, 6.45) is -4.94. The molecule has 152 valence electrons. The summed E-state index contributed by atoms with van der Waals surface area (Å²) in [6.45, 7) is 3.83. The molecule has 0 radical (unpaired) electrons. The minimum Gasteiger partial charge on any atom is -0.299 e. The van der Waals surface area contributed by atoms with Crippen LogP contribution in [0, 0.1) is 12.7 Å². The summed E-state index contributed by atoms with van der Waals surface area (Å²) in [4.78, 5) is 36.6. The molecule has 0 amide bonds. The van der Waals surface area contributed by atoms with Crippen molar-refractivity contribution in [3.05, 3.63) is 55.1 Å². The number of carbonyl (C=O) groups excluding carboxylic acids is 1. The summed E-state index contributed by atoms with van der Waals surface area (Å²) in [6, 6.07) is 1.90. The molecule has 1 aromatic carbocycles. The van der Waals surface area contributed by atoms with Crippen LogP contribution >= 0.6 is 23.4 Å². The molecule has 5 nitrogen and oxygen atoms in total. The fourth-order valence-corrected chi connectivity index (χ4v) is 3.70. The zero-order valence-corrected chi connectivity index (χ0v) is 16.7. The molecule has 0 aliphatic heterocycles. The van der Waals surface area contributed by atoms with Crippen molar-refractivity contribution < 1.29 is 22.4 Å². The van der Waals surface area contributed by atoms with E-state index in [0.717, 1.165) is 37.9 Å². The van der Waals surface area contributed by atoms with Gasteiger partial charge in [0.25, 0.3) is 5.56 Å². The lowest BCUT2D eigenvalue weighted by molar-refractivity contribution is -0.144. The zero-order valence-electron chi connectivity index (χ0n) is 15.1. The minimum atomic E-state index is -4.94. The average molecular weight is 439 g/mol. The summed E-state index contributed by atoms with van der Waals surface area (Å²) >= 11 is 6.94. The maximum absolute atomic E-state index is 14.5. The van der Waals surface area contributed by atoms with E-state index in [1.165, 1.54) is 6.92 Å². The number of hydrogen-bond donors (Lipinski definition) is 0. The molecule has 28 heavy (non-hydrogen) atoms. The second kappa shape index (κ2) is 7.75. The topological polar surface area (TPSA) is 61.1 Å². The van der Waals surface area contributed by atoms with Gasteiger partial charge in [-0.05, 0) is 32.9 Å². The average Bonchev–Trinajstić information content (AvgIpc) is 2.55. The summed E-state index contributed by atoms with van der Waals surface area (Å²) in [5.74, 6) is -1.26. The van der Waals surface area contributed by atoms with E-state index < -0.39 is 45.4 Å². The number of aromatic nitrogens is 2. The third kappa shape index (κ3) is 4.02. The first kappa shape index (κ1) is 22.2. The van der Waals surface area contributed by atoms with Gasteiger partial charge in [-0.3, -0.25) is 14.2 Å². The van der Waals surface area contributed by atoms with E-state index in [1.54, 1.807) is 6.92 Å². The van der Waals surface area contributed by atoms with Crippen molar-refractivity contribution in [1.82, 2.24) is 9.13 Å². The molecule has 1 aromatic heterocycles. The van der Waals surface area contributed by atoms with Crippen molar-refractivity contribution in [2.24, 2.45) is 7.05 Å². The van der Waals surface area contributed by atoms with Gasteiger partial charge in [0.15, 0.2) is 0 Å². The van der Waals surface area contributed by atoms with Gasteiger partial charge in [0, 0.05) is 17.5 Å². The van der Waals surface area contributed by atoms with Crippen LogP contribution < -0.4 is 11.2 Å². The quantitative estimate of drug-likeness (QED) is 0.539. The smallest absolute Gasteiger partial charge is 0.299 e. The fraction of sp³-hybridized carbons (Fsp3) is 0.353. The minimum absolute atomic E-state index is 0.0622. The molecular formula is C17H15ClF4N2O3S. The molecule has 11 heteroatoms. The van der Waals surface area contributed by atoms with E-state index in [2.05, 4.69) is 0 Å². The van der Waals surface area contributed by atoms with E-state index in [0.29, 0.717) is 4.57 Å². The van der Waals surface area contributed by atoms with Crippen LogP contribution in [0.1, 0.15) is 25.1 Å². The van der Waals surface area contributed by atoms with Crippen molar-refractivity contribution in [1.29, 1.82) is 0 Å². The molecule has 2 rings (SSSR count). The molecule has 0 bridgehead atoms. The highest BCUT2D eigenvalue weighted by Gasteiger charge is 2.38. The SMILES string of the molecule is CC(=O)C(C)Sc1cc(-n2c(=O)c(C)c(C(F)(F)F)n(C)c2=O)c(F)cc1Cl. The van der Waals surface area contributed by atoms with Crippen LogP contribution in [-0.4, -0.2) is 20.2 Å². The number of hydrogen-bond acceptors (Lipinski definition) is 4. The number of thioether (sulfide) groups is 1. The molecule has 0 N–H and O–H groups in total. The Bertz CT molecular complexity index is 1040. The summed E-state index contributed by atoms with van der Waals surface area (Å²) in [7, 11) is 0.843. The van der Waals surface area contributed by atoms with Gasteiger partial charge in [-0.2, -0.15) is 13.2 Å². The van der Waals surface area contributed by atoms with Gasteiger partial charge in [-0.1, -0.05) is 11.6 Å². The van der Waals surface area contributed by atoms with Gasteiger partial charge < -0.3 is 0 Å². The largest absolute Gasteiger partial charge is 0.432 e. The summed E-state index contributed by atoms with van der Waals surface area (Å²) in [5.41, 5.74) is -5.37. The fourth-order valence-electron chi connectivity index (χ4n) is 2.52. The molecule has 1 atom stereocenters. The normalized spacial score (nSPS) is 12.9. The van der Waals surface area contributed by atoms with Gasteiger partial charge in [0.05, 0.1) is 16.0 Å². The van der Waals surface area contributed by atoms with Crippen molar-refractivity contribution in [2.45, 2.75) is 37.1 Å². The Morgan fingerprint density at radius 1 is 1.25 bits per heavy atom. The van der Waals surface area contributed by atoms with Crippen molar-refractivity contribution in [3.63, 3.8) is 0 Å². The lowest BCUT2D eigenvalue weighted by Crippen LogP contribution is -2.43. The first-order valence-electron chi connectivity index (χ1n) is 7.83. The van der Waals surface area contributed by atoms with E-state index in [4.69, 9.17) is 11.6 Å². The number of rotatable bonds is 4. The number of halogens is 5. The molecule has 0 aliphatic rings. The Kier molecular flexibility index (Phi) is 6.15. The molecule has 0 spiro atoms. The Morgan fingerprint density at radius 3 is 2.32 bits per heavy atom. The molecule has 0 saturated heterocycles. The number of carbonyl (C=O) groups is 1. The van der Waals surface area contributed by atoms with E-state index in [-0.39, 0.29) is 20.3 Å². The van der Waals surface area contributed by atoms with Crippen molar-refractivity contribution >= 4 is 29.1 Å². The standard InChI is InChI=1S/C17H15ClF4N2O3S/c1-7-14(17(20,21)22)23(4)16(27)24(15(7)26)12-6-13(10(18)5-11(12)19)28-9(3)8(2)25/h5-6,9H,1-4H3. The Balaban J connectivity index is 2.81. The highest BCUT2D eigenvalue weighted by Crippen LogP contribution is 2.34. The third-order valence-corrected chi connectivity index (χ3v) is 5.78. The summed E-state index contributed by atoms with van der Waals surface area (Å²) < 4.78 is 54.6. The van der Waals surface area contributed by atoms with E-state index in [9.17, 15) is 31.9 Å². The molecule has 2 aromatic rings. The lowest BCUT2D eigenvalue weighted by atomic mass is 10.2. The maximum Gasteiger partial charge on any atom is 0.432 e. The monoisotopic (exact) mass is 438 g/mol. The van der Waals surface area contributed by atoms with Crippen LogP contribution in [-0.2, 0) is 18.0 Å². The van der Waals surface area contributed by atoms with E-state index in [1.807, 2.05) is 0 Å². The first-order valence-corrected chi connectivity index (χ1v) is 9.09. The Hall–Kier alpha value is -2.07. The summed E-state index contributed by atoms with van der Waals surface area (Å²) in [5, 5.41) is -0.613. The first-order chi connectivity index (χ1) is 12.8. The zero-order chi connectivity index (χ0) is 21.5. The lowest BCUT2D eigenvalue weighted by Gasteiger charge is -2.18.